The number of nitrogens with zero attached hydrogens (tertiary/aromatic N) is 3. The molecule has 0 aliphatic carbocycles. The lowest BCUT2D eigenvalue weighted by molar-refractivity contribution is -0.119. The highest BCUT2D eigenvalue weighted by atomic mass is 16.4. The zero-order chi connectivity index (χ0) is 20.0. The van der Waals surface area contributed by atoms with Crippen LogP contribution in [-0.4, -0.2) is 59.8 Å². The molecule has 7 heteroatoms. The number of aromatic nitrogens is 1. The van der Waals surface area contributed by atoms with Crippen LogP contribution in [0.3, 0.4) is 0 Å². The zero-order valence-corrected chi connectivity index (χ0v) is 16.9. The van der Waals surface area contributed by atoms with Gasteiger partial charge in [0, 0.05) is 44.1 Å². The molecule has 3 aliphatic rings. The summed E-state index contributed by atoms with van der Waals surface area (Å²) >= 11 is 0. The number of nitrogens with one attached hydrogen (secondary N) is 1. The van der Waals surface area contributed by atoms with Gasteiger partial charge < -0.3 is 19.5 Å². The van der Waals surface area contributed by atoms with Crippen LogP contribution in [-0.2, 0) is 4.79 Å². The molecule has 1 N–H and O–H groups in total. The van der Waals surface area contributed by atoms with Crippen LogP contribution in [0.15, 0.2) is 22.6 Å². The average molecular weight is 396 g/mol. The zero-order valence-electron chi connectivity index (χ0n) is 16.9. The molecule has 1 amide bonds. The van der Waals surface area contributed by atoms with Gasteiger partial charge in [-0.1, -0.05) is 12.5 Å². The topological polar surface area (TPSA) is 78.7 Å². The number of anilines is 1. The highest BCUT2D eigenvalue weighted by molar-refractivity contribution is 6.04. The van der Waals surface area contributed by atoms with Gasteiger partial charge in [-0.05, 0) is 44.9 Å². The van der Waals surface area contributed by atoms with E-state index in [-0.39, 0.29) is 17.7 Å². The molecule has 1 aromatic heterocycles. The SMILES string of the molecule is CN1C2CCCC1CC(NC(=O)c1cccc3oc(N4CCC(=O)CC4)nc13)C2. The normalized spacial score (nSPS) is 28.0. The maximum Gasteiger partial charge on any atom is 0.298 e. The number of rotatable bonds is 3. The Labute approximate surface area is 170 Å². The first-order valence-corrected chi connectivity index (χ1v) is 10.8. The van der Waals surface area contributed by atoms with Crippen LogP contribution in [0.4, 0.5) is 6.01 Å². The van der Waals surface area contributed by atoms with E-state index < -0.39 is 0 Å². The molecule has 1 aromatic carbocycles. The van der Waals surface area contributed by atoms with E-state index in [0.29, 0.717) is 60.7 Å². The van der Waals surface area contributed by atoms with Crippen molar-refractivity contribution >= 4 is 28.8 Å². The van der Waals surface area contributed by atoms with E-state index >= 15 is 0 Å². The Balaban J connectivity index is 1.34. The predicted octanol–water partition coefficient (Wildman–Crippen LogP) is 2.74. The van der Waals surface area contributed by atoms with Crippen molar-refractivity contribution in [2.75, 3.05) is 25.0 Å². The maximum atomic E-state index is 13.1. The molecule has 2 atom stereocenters. The second kappa shape index (κ2) is 7.44. The van der Waals surface area contributed by atoms with Crippen molar-refractivity contribution in [2.24, 2.45) is 0 Å². The van der Waals surface area contributed by atoms with Gasteiger partial charge in [-0.25, -0.2) is 0 Å². The van der Waals surface area contributed by atoms with Crippen LogP contribution in [0.2, 0.25) is 0 Å². The van der Waals surface area contributed by atoms with Gasteiger partial charge in [0.25, 0.3) is 11.9 Å². The van der Waals surface area contributed by atoms with E-state index in [2.05, 4.69) is 22.2 Å². The van der Waals surface area contributed by atoms with Crippen LogP contribution in [0.1, 0.15) is 55.3 Å². The number of carbonyl (C=O) groups excluding carboxylic acids is 2. The van der Waals surface area contributed by atoms with E-state index in [9.17, 15) is 9.59 Å². The summed E-state index contributed by atoms with van der Waals surface area (Å²) in [6, 6.07) is 7.37. The molecule has 0 saturated carbocycles. The molecule has 3 fully saturated rings. The smallest absolute Gasteiger partial charge is 0.298 e. The molecule has 4 heterocycles. The summed E-state index contributed by atoms with van der Waals surface area (Å²) in [5.41, 5.74) is 1.78. The number of fused-ring (bicyclic) bond motifs is 3. The third-order valence-electron chi connectivity index (χ3n) is 6.92. The van der Waals surface area contributed by atoms with E-state index in [4.69, 9.17) is 4.42 Å². The largest absolute Gasteiger partial charge is 0.423 e. The monoisotopic (exact) mass is 396 g/mol. The lowest BCUT2D eigenvalue weighted by Crippen LogP contribution is -2.55. The Morgan fingerprint density at radius 3 is 2.62 bits per heavy atom. The standard InChI is InChI=1S/C22H28N4O3/c1-25-15-4-2-5-16(25)13-14(12-15)23-21(28)18-6-3-7-19-20(18)24-22(29-19)26-10-8-17(27)9-11-26/h3,6-7,14-16H,2,4-5,8-13H2,1H3,(H,23,28). The van der Waals surface area contributed by atoms with Crippen molar-refractivity contribution < 1.29 is 14.0 Å². The quantitative estimate of drug-likeness (QED) is 0.860. The first-order valence-electron chi connectivity index (χ1n) is 10.8. The maximum absolute atomic E-state index is 13.1. The number of ketones is 1. The van der Waals surface area contributed by atoms with Crippen molar-refractivity contribution in [1.82, 2.24) is 15.2 Å². The minimum atomic E-state index is -0.0723. The summed E-state index contributed by atoms with van der Waals surface area (Å²) in [5.74, 6) is 0.206. The number of Topliss-reactive ketones (excluding diaryl/α,β-unsaturated/α-hetero) is 1. The van der Waals surface area contributed by atoms with Gasteiger partial charge in [0.05, 0.1) is 5.56 Å². The highest BCUT2D eigenvalue weighted by Crippen LogP contribution is 2.33. The summed E-state index contributed by atoms with van der Waals surface area (Å²) in [7, 11) is 2.22. The number of amides is 1. The Morgan fingerprint density at radius 2 is 1.90 bits per heavy atom. The molecule has 0 spiro atoms. The molecular weight excluding hydrogens is 368 g/mol. The van der Waals surface area contributed by atoms with Crippen LogP contribution < -0.4 is 10.2 Å². The number of hydrogen-bond acceptors (Lipinski definition) is 6. The molecule has 0 radical (unpaired) electrons. The molecular formula is C22H28N4O3. The number of benzene rings is 1. The Hall–Kier alpha value is -2.41. The fraction of sp³-hybridized carbons (Fsp3) is 0.591. The molecule has 5 rings (SSSR count). The van der Waals surface area contributed by atoms with Gasteiger partial charge in [0.15, 0.2) is 5.58 Å². The minimum Gasteiger partial charge on any atom is -0.423 e. The first-order chi connectivity index (χ1) is 14.1. The predicted molar refractivity (Wildman–Crippen MR) is 110 cm³/mol. The lowest BCUT2D eigenvalue weighted by atomic mass is 9.82. The van der Waals surface area contributed by atoms with Gasteiger partial charge in [-0.15, -0.1) is 0 Å². The summed E-state index contributed by atoms with van der Waals surface area (Å²) < 4.78 is 5.92. The van der Waals surface area contributed by atoms with Crippen LogP contribution in [0, 0.1) is 0 Å². The fourth-order valence-corrected chi connectivity index (χ4v) is 5.20. The summed E-state index contributed by atoms with van der Waals surface area (Å²) in [4.78, 5) is 33.7. The summed E-state index contributed by atoms with van der Waals surface area (Å²) in [5, 5.41) is 3.27. The van der Waals surface area contributed by atoms with E-state index in [0.717, 1.165) is 12.8 Å². The average Bonchev–Trinajstić information content (AvgIpc) is 3.13. The van der Waals surface area contributed by atoms with Gasteiger partial charge in [0.1, 0.15) is 11.3 Å². The molecule has 154 valence electrons. The van der Waals surface area contributed by atoms with Crippen molar-refractivity contribution in [3.63, 3.8) is 0 Å². The number of oxazole rings is 1. The fourth-order valence-electron chi connectivity index (χ4n) is 5.20. The van der Waals surface area contributed by atoms with Crippen LogP contribution >= 0.6 is 0 Å². The molecule has 3 saturated heterocycles. The number of piperidine rings is 3. The van der Waals surface area contributed by atoms with Crippen LogP contribution in [0.25, 0.3) is 11.1 Å². The Bertz CT molecular complexity index is 915. The third-order valence-corrected chi connectivity index (χ3v) is 6.92. The van der Waals surface area contributed by atoms with E-state index in [1.165, 1.54) is 19.3 Å². The molecule has 2 aromatic rings. The van der Waals surface area contributed by atoms with E-state index in [1.807, 2.05) is 23.1 Å². The number of hydrogen-bond donors (Lipinski definition) is 1. The molecule has 2 bridgehead atoms. The lowest BCUT2D eigenvalue weighted by Gasteiger charge is -2.47. The van der Waals surface area contributed by atoms with Crippen molar-refractivity contribution in [3.8, 4) is 0 Å². The second-order valence-corrected chi connectivity index (χ2v) is 8.72. The first kappa shape index (κ1) is 18.6. The second-order valence-electron chi connectivity index (χ2n) is 8.72. The minimum absolute atomic E-state index is 0.0723. The third kappa shape index (κ3) is 3.52. The summed E-state index contributed by atoms with van der Waals surface area (Å²) in [6.07, 6.45) is 6.81. The molecule has 2 unspecified atom stereocenters. The van der Waals surface area contributed by atoms with Gasteiger partial charge in [0.2, 0.25) is 0 Å². The molecule has 29 heavy (non-hydrogen) atoms. The van der Waals surface area contributed by atoms with Crippen molar-refractivity contribution in [3.05, 3.63) is 23.8 Å². The Kier molecular flexibility index (Phi) is 4.78. The van der Waals surface area contributed by atoms with Gasteiger partial charge in [-0.3, -0.25) is 9.59 Å². The van der Waals surface area contributed by atoms with Crippen molar-refractivity contribution in [2.45, 2.75) is 63.1 Å². The Morgan fingerprint density at radius 1 is 1.17 bits per heavy atom. The molecule has 7 nitrogen and oxygen atoms in total. The molecule has 3 aliphatic heterocycles. The van der Waals surface area contributed by atoms with Gasteiger partial charge >= 0.3 is 0 Å². The van der Waals surface area contributed by atoms with Crippen LogP contribution in [0.5, 0.6) is 0 Å². The summed E-state index contributed by atoms with van der Waals surface area (Å²) in [6.45, 7) is 1.23. The number of para-hydroxylation sites is 1. The number of carbonyl (C=O) groups is 2. The van der Waals surface area contributed by atoms with Gasteiger partial charge in [-0.2, -0.15) is 4.98 Å². The van der Waals surface area contributed by atoms with Crippen molar-refractivity contribution in [1.29, 1.82) is 0 Å². The highest BCUT2D eigenvalue weighted by Gasteiger charge is 2.36. The van der Waals surface area contributed by atoms with E-state index in [1.54, 1.807) is 0 Å².